The summed E-state index contributed by atoms with van der Waals surface area (Å²) in [6, 6.07) is 6.33. The second-order valence-electron chi connectivity index (χ2n) is 3.48. The molecule has 2 aromatic rings. The Morgan fingerprint density at radius 2 is 2.12 bits per heavy atom. The Morgan fingerprint density at radius 3 is 2.71 bits per heavy atom. The van der Waals surface area contributed by atoms with E-state index in [9.17, 15) is 9.59 Å². The quantitative estimate of drug-likeness (QED) is 0.788. The summed E-state index contributed by atoms with van der Waals surface area (Å²) in [6.07, 6.45) is 1.50. The summed E-state index contributed by atoms with van der Waals surface area (Å²) in [5.41, 5.74) is 5.22. The molecular formula is C11H10N4O2. The second-order valence-corrected chi connectivity index (χ2v) is 3.48. The number of hydrogen-bond acceptors (Lipinski definition) is 4. The number of aromatic nitrogens is 3. The topological polar surface area (TPSA) is 90.9 Å². The standard InChI is InChI=1S/C11H10N4O2/c1-7-4-5-8(10(12)16)11(17)15(7)9-3-2-6-13-14-9/h2-6H,1H3,(H2,12,16). The molecule has 0 spiro atoms. The third kappa shape index (κ3) is 1.92. The average Bonchev–Trinajstić information content (AvgIpc) is 2.30. The van der Waals surface area contributed by atoms with Crippen LogP contribution in [-0.2, 0) is 0 Å². The van der Waals surface area contributed by atoms with Gasteiger partial charge in [0.05, 0.1) is 0 Å². The van der Waals surface area contributed by atoms with Gasteiger partial charge in [-0.3, -0.25) is 14.2 Å². The fourth-order valence-corrected chi connectivity index (χ4v) is 1.52. The molecule has 0 saturated carbocycles. The zero-order valence-corrected chi connectivity index (χ0v) is 9.12. The van der Waals surface area contributed by atoms with Crippen molar-refractivity contribution in [2.24, 2.45) is 5.73 Å². The van der Waals surface area contributed by atoms with Gasteiger partial charge in [-0.1, -0.05) is 0 Å². The number of amides is 1. The van der Waals surface area contributed by atoms with E-state index in [0.717, 1.165) is 0 Å². The van der Waals surface area contributed by atoms with Gasteiger partial charge in [0.2, 0.25) is 0 Å². The van der Waals surface area contributed by atoms with Crippen LogP contribution in [0.2, 0.25) is 0 Å². The van der Waals surface area contributed by atoms with Gasteiger partial charge in [-0.25, -0.2) is 0 Å². The zero-order valence-electron chi connectivity index (χ0n) is 9.12. The Morgan fingerprint density at radius 1 is 1.35 bits per heavy atom. The Kier molecular flexibility index (Phi) is 2.70. The molecule has 0 aliphatic carbocycles. The second kappa shape index (κ2) is 4.17. The maximum absolute atomic E-state index is 12.0. The summed E-state index contributed by atoms with van der Waals surface area (Å²) < 4.78 is 1.30. The Labute approximate surface area is 96.7 Å². The van der Waals surface area contributed by atoms with Crippen molar-refractivity contribution < 1.29 is 4.79 Å². The fraction of sp³-hybridized carbons (Fsp3) is 0.0909. The molecule has 0 bridgehead atoms. The number of carbonyl (C=O) groups is 1. The number of pyridine rings is 1. The normalized spacial score (nSPS) is 10.2. The van der Waals surface area contributed by atoms with Gasteiger partial charge in [-0.05, 0) is 31.2 Å². The molecule has 0 radical (unpaired) electrons. The van der Waals surface area contributed by atoms with Crippen LogP contribution in [0.25, 0.3) is 5.82 Å². The Bertz CT molecular complexity index is 619. The maximum atomic E-state index is 12.0. The van der Waals surface area contributed by atoms with E-state index in [-0.39, 0.29) is 5.56 Å². The van der Waals surface area contributed by atoms with Gasteiger partial charge in [-0.15, -0.1) is 5.10 Å². The lowest BCUT2D eigenvalue weighted by Gasteiger charge is -2.08. The third-order valence-electron chi connectivity index (χ3n) is 2.33. The highest BCUT2D eigenvalue weighted by Gasteiger charge is 2.12. The molecule has 0 aromatic carbocycles. The smallest absolute Gasteiger partial charge is 0.269 e. The molecule has 0 aliphatic rings. The van der Waals surface area contributed by atoms with Crippen molar-refractivity contribution >= 4 is 5.91 Å². The highest BCUT2D eigenvalue weighted by atomic mass is 16.2. The van der Waals surface area contributed by atoms with Crippen molar-refractivity contribution in [1.29, 1.82) is 0 Å². The highest BCUT2D eigenvalue weighted by molar-refractivity contribution is 5.92. The molecule has 0 fully saturated rings. The molecule has 0 unspecified atom stereocenters. The molecule has 0 saturated heterocycles. The summed E-state index contributed by atoms with van der Waals surface area (Å²) in [4.78, 5) is 23.1. The third-order valence-corrected chi connectivity index (χ3v) is 2.33. The molecule has 6 nitrogen and oxygen atoms in total. The molecule has 6 heteroatoms. The van der Waals surface area contributed by atoms with Crippen LogP contribution >= 0.6 is 0 Å². The van der Waals surface area contributed by atoms with E-state index < -0.39 is 11.5 Å². The lowest BCUT2D eigenvalue weighted by molar-refractivity contribution is 0.0998. The first kappa shape index (κ1) is 11.0. The van der Waals surface area contributed by atoms with Crippen molar-refractivity contribution in [3.8, 4) is 5.82 Å². The van der Waals surface area contributed by atoms with Crippen LogP contribution in [-0.4, -0.2) is 20.7 Å². The number of carbonyl (C=O) groups excluding carboxylic acids is 1. The first-order chi connectivity index (χ1) is 8.11. The fourth-order valence-electron chi connectivity index (χ4n) is 1.52. The molecular weight excluding hydrogens is 220 g/mol. The highest BCUT2D eigenvalue weighted by Crippen LogP contribution is 2.04. The zero-order chi connectivity index (χ0) is 12.4. The van der Waals surface area contributed by atoms with Gasteiger partial charge in [0.25, 0.3) is 11.5 Å². The van der Waals surface area contributed by atoms with E-state index in [2.05, 4.69) is 10.2 Å². The van der Waals surface area contributed by atoms with Crippen molar-refractivity contribution in [2.45, 2.75) is 6.92 Å². The van der Waals surface area contributed by atoms with Crippen molar-refractivity contribution in [1.82, 2.24) is 14.8 Å². The van der Waals surface area contributed by atoms with Gasteiger partial charge in [0.1, 0.15) is 5.56 Å². The number of nitrogens with zero attached hydrogens (tertiary/aromatic N) is 3. The van der Waals surface area contributed by atoms with Crippen LogP contribution in [0.3, 0.4) is 0 Å². The first-order valence-corrected chi connectivity index (χ1v) is 4.92. The van der Waals surface area contributed by atoms with Crippen LogP contribution < -0.4 is 11.3 Å². The van der Waals surface area contributed by atoms with Crippen LogP contribution in [0.1, 0.15) is 16.1 Å². The van der Waals surface area contributed by atoms with Gasteiger partial charge in [-0.2, -0.15) is 5.10 Å². The largest absolute Gasteiger partial charge is 0.365 e. The van der Waals surface area contributed by atoms with Crippen molar-refractivity contribution in [3.05, 3.63) is 52.1 Å². The van der Waals surface area contributed by atoms with E-state index in [1.807, 2.05) is 0 Å². The van der Waals surface area contributed by atoms with Crippen LogP contribution in [0, 0.1) is 6.92 Å². The predicted molar refractivity (Wildman–Crippen MR) is 60.9 cm³/mol. The van der Waals surface area contributed by atoms with E-state index in [4.69, 9.17) is 5.73 Å². The lowest BCUT2D eigenvalue weighted by atomic mass is 10.2. The Hall–Kier alpha value is -2.50. The van der Waals surface area contributed by atoms with Crippen LogP contribution in [0.4, 0.5) is 0 Å². The summed E-state index contributed by atoms with van der Waals surface area (Å²) in [6.45, 7) is 1.74. The molecule has 2 rings (SSSR count). The van der Waals surface area contributed by atoms with Crippen molar-refractivity contribution in [3.63, 3.8) is 0 Å². The number of nitrogens with two attached hydrogens (primary N) is 1. The average molecular weight is 230 g/mol. The maximum Gasteiger partial charge on any atom is 0.269 e. The number of hydrogen-bond donors (Lipinski definition) is 1. The minimum Gasteiger partial charge on any atom is -0.365 e. The van der Waals surface area contributed by atoms with Crippen LogP contribution in [0.15, 0.2) is 35.3 Å². The van der Waals surface area contributed by atoms with Gasteiger partial charge >= 0.3 is 0 Å². The molecule has 2 aromatic heterocycles. The number of aryl methyl sites for hydroxylation is 1. The molecule has 1 amide bonds. The van der Waals surface area contributed by atoms with E-state index in [0.29, 0.717) is 11.5 Å². The van der Waals surface area contributed by atoms with Crippen molar-refractivity contribution in [2.75, 3.05) is 0 Å². The molecule has 2 N–H and O–H groups in total. The monoisotopic (exact) mass is 230 g/mol. The number of primary amides is 1. The summed E-state index contributed by atoms with van der Waals surface area (Å²) in [5, 5.41) is 7.52. The molecule has 0 atom stereocenters. The molecule has 86 valence electrons. The molecule has 2 heterocycles. The van der Waals surface area contributed by atoms with Gasteiger partial charge in [0.15, 0.2) is 5.82 Å². The summed E-state index contributed by atoms with van der Waals surface area (Å²) >= 11 is 0. The SMILES string of the molecule is Cc1ccc(C(N)=O)c(=O)n1-c1cccnn1. The summed E-state index contributed by atoms with van der Waals surface area (Å²) in [5.74, 6) is -0.397. The minimum absolute atomic E-state index is 0.0683. The van der Waals surface area contributed by atoms with E-state index >= 15 is 0 Å². The first-order valence-electron chi connectivity index (χ1n) is 4.92. The molecule has 17 heavy (non-hydrogen) atoms. The van der Waals surface area contributed by atoms with Crippen LogP contribution in [0.5, 0.6) is 0 Å². The molecule has 0 aliphatic heterocycles. The van der Waals surface area contributed by atoms with E-state index in [1.54, 1.807) is 25.1 Å². The predicted octanol–water partition coefficient (Wildman–Crippen LogP) is 0.0348. The van der Waals surface area contributed by atoms with E-state index in [1.165, 1.54) is 16.8 Å². The Balaban J connectivity index is 2.74. The minimum atomic E-state index is -0.757. The van der Waals surface area contributed by atoms with Gasteiger partial charge in [0, 0.05) is 11.9 Å². The number of rotatable bonds is 2. The van der Waals surface area contributed by atoms with Gasteiger partial charge < -0.3 is 5.73 Å². The summed E-state index contributed by atoms with van der Waals surface area (Å²) in [7, 11) is 0. The lowest BCUT2D eigenvalue weighted by Crippen LogP contribution is -2.30.